The van der Waals surface area contributed by atoms with Crippen LogP contribution in [0.1, 0.15) is 12.5 Å². The molecule has 2 aromatic rings. The van der Waals surface area contributed by atoms with Gasteiger partial charge in [-0.05, 0) is 36.8 Å². The smallest absolute Gasteiger partial charge is 0.269 e. The van der Waals surface area contributed by atoms with Crippen molar-refractivity contribution in [2.75, 3.05) is 0 Å². The lowest BCUT2D eigenvalue weighted by Crippen LogP contribution is -2.46. The lowest BCUT2D eigenvalue weighted by atomic mass is 10.2. The first-order valence-electron chi connectivity index (χ1n) is 7.61. The summed E-state index contributed by atoms with van der Waals surface area (Å²) in [6, 6.07) is 9.40. The number of sulfonamides is 1. The number of benzene rings is 2. The van der Waals surface area contributed by atoms with Crippen molar-refractivity contribution < 1.29 is 23.3 Å². The van der Waals surface area contributed by atoms with Gasteiger partial charge in [-0.3, -0.25) is 20.1 Å². The van der Waals surface area contributed by atoms with E-state index in [9.17, 15) is 23.3 Å². The van der Waals surface area contributed by atoms with E-state index in [4.69, 9.17) is 16.8 Å². The van der Waals surface area contributed by atoms with E-state index in [0.29, 0.717) is 10.6 Å². The Kier molecular flexibility index (Phi) is 6.50. The third-order valence-corrected chi connectivity index (χ3v) is 6.01. The van der Waals surface area contributed by atoms with E-state index in [1.165, 1.54) is 60.9 Å². The van der Waals surface area contributed by atoms with Crippen LogP contribution in [0.3, 0.4) is 0 Å². The van der Waals surface area contributed by atoms with Gasteiger partial charge in [0.05, 0.1) is 9.82 Å². The average molecular weight is 414 g/mol. The summed E-state index contributed by atoms with van der Waals surface area (Å²) in [5.74, 6) is -0.922. The minimum absolute atomic E-state index is 0.0913. The second-order valence-corrected chi connectivity index (χ2v) is 7.91. The Balaban J connectivity index is 2.43. The van der Waals surface area contributed by atoms with E-state index < -0.39 is 26.9 Å². The zero-order chi connectivity index (χ0) is 20.2. The largest absolute Gasteiger partial charge is 0.289 e. The van der Waals surface area contributed by atoms with Crippen LogP contribution in [0.15, 0.2) is 53.4 Å². The zero-order valence-electron chi connectivity index (χ0n) is 14.1. The Hall–Kier alpha value is -2.53. The Bertz CT molecular complexity index is 932. The zero-order valence-corrected chi connectivity index (χ0v) is 15.6. The third-order valence-electron chi connectivity index (χ3n) is 3.83. The monoisotopic (exact) mass is 413 g/mol. The Morgan fingerprint density at radius 3 is 2.26 bits per heavy atom. The fourth-order valence-corrected chi connectivity index (χ4v) is 4.01. The van der Waals surface area contributed by atoms with Crippen LogP contribution in [0.25, 0.3) is 0 Å². The fraction of sp³-hybridized carbons (Fsp3) is 0.188. The molecule has 1 atom stereocenters. The summed E-state index contributed by atoms with van der Waals surface area (Å²) in [6.45, 7) is 1.07. The number of amides is 1. The molecule has 27 heavy (non-hydrogen) atoms. The summed E-state index contributed by atoms with van der Waals surface area (Å²) < 4.78 is 26.9. The molecule has 0 radical (unpaired) electrons. The number of nitro groups is 1. The minimum Gasteiger partial charge on any atom is -0.289 e. The molecule has 0 aliphatic heterocycles. The van der Waals surface area contributed by atoms with Gasteiger partial charge in [-0.25, -0.2) is 13.9 Å². The van der Waals surface area contributed by atoms with Gasteiger partial charge in [-0.2, -0.15) is 4.31 Å². The summed E-state index contributed by atoms with van der Waals surface area (Å²) in [5.41, 5.74) is 1.71. The maximum atomic E-state index is 13.0. The SMILES string of the molecule is CC(C(=O)NO)N(Cc1ccc([N+](=O)[O-])cc1)S(=O)(=O)c1ccc(Cl)cc1. The van der Waals surface area contributed by atoms with Gasteiger partial charge in [0.25, 0.3) is 11.6 Å². The molecule has 2 N–H and O–H groups in total. The lowest BCUT2D eigenvalue weighted by Gasteiger charge is -2.27. The molecule has 0 aliphatic carbocycles. The number of nitro benzene ring substituents is 1. The normalized spacial score (nSPS) is 12.6. The molecule has 1 unspecified atom stereocenters. The molecular weight excluding hydrogens is 398 g/mol. The van der Waals surface area contributed by atoms with Gasteiger partial charge >= 0.3 is 0 Å². The van der Waals surface area contributed by atoms with Gasteiger partial charge < -0.3 is 0 Å². The van der Waals surface area contributed by atoms with Crippen molar-refractivity contribution >= 4 is 33.2 Å². The highest BCUT2D eigenvalue weighted by atomic mass is 35.5. The highest BCUT2D eigenvalue weighted by Crippen LogP contribution is 2.23. The second-order valence-electron chi connectivity index (χ2n) is 5.58. The summed E-state index contributed by atoms with van der Waals surface area (Å²) in [4.78, 5) is 21.9. The molecule has 0 fully saturated rings. The Labute approximate surface area is 160 Å². The predicted molar refractivity (Wildman–Crippen MR) is 96.7 cm³/mol. The van der Waals surface area contributed by atoms with Crippen LogP contribution in [0.2, 0.25) is 5.02 Å². The van der Waals surface area contributed by atoms with Crippen molar-refractivity contribution in [3.05, 3.63) is 69.2 Å². The number of hydrogen-bond acceptors (Lipinski definition) is 6. The van der Waals surface area contributed by atoms with Crippen LogP contribution in [0.5, 0.6) is 0 Å². The summed E-state index contributed by atoms with van der Waals surface area (Å²) in [5, 5.41) is 20.0. The van der Waals surface area contributed by atoms with Crippen LogP contribution < -0.4 is 5.48 Å². The van der Waals surface area contributed by atoms with E-state index in [-0.39, 0.29) is 17.1 Å². The Morgan fingerprint density at radius 2 is 1.78 bits per heavy atom. The first-order valence-corrected chi connectivity index (χ1v) is 9.43. The number of carbonyl (C=O) groups excluding carboxylic acids is 1. The van der Waals surface area contributed by atoms with Gasteiger partial charge in [-0.1, -0.05) is 23.7 Å². The number of nitrogens with zero attached hydrogens (tertiary/aromatic N) is 2. The number of hydrogen-bond donors (Lipinski definition) is 2. The van der Waals surface area contributed by atoms with Crippen molar-refractivity contribution in [2.24, 2.45) is 0 Å². The number of hydroxylamine groups is 1. The molecule has 1 amide bonds. The topological polar surface area (TPSA) is 130 Å². The van der Waals surface area contributed by atoms with Crippen molar-refractivity contribution in [1.29, 1.82) is 0 Å². The molecule has 0 aliphatic rings. The van der Waals surface area contributed by atoms with E-state index in [1.54, 1.807) is 0 Å². The van der Waals surface area contributed by atoms with E-state index >= 15 is 0 Å². The van der Waals surface area contributed by atoms with Gasteiger partial charge in [0.2, 0.25) is 10.0 Å². The van der Waals surface area contributed by atoms with Crippen molar-refractivity contribution in [3.8, 4) is 0 Å². The quantitative estimate of drug-likeness (QED) is 0.407. The minimum atomic E-state index is -4.13. The summed E-state index contributed by atoms with van der Waals surface area (Å²) in [6.07, 6.45) is 0. The first-order chi connectivity index (χ1) is 12.7. The average Bonchev–Trinajstić information content (AvgIpc) is 2.65. The summed E-state index contributed by atoms with van der Waals surface area (Å²) >= 11 is 5.79. The molecule has 2 rings (SSSR count). The van der Waals surface area contributed by atoms with Crippen molar-refractivity contribution in [3.63, 3.8) is 0 Å². The molecule has 2 aromatic carbocycles. The van der Waals surface area contributed by atoms with Gasteiger partial charge in [-0.15, -0.1) is 0 Å². The van der Waals surface area contributed by atoms with E-state index in [2.05, 4.69) is 0 Å². The van der Waals surface area contributed by atoms with E-state index in [1.807, 2.05) is 0 Å². The molecule has 11 heteroatoms. The van der Waals surface area contributed by atoms with Gasteiger partial charge in [0.15, 0.2) is 0 Å². The second kappa shape index (κ2) is 8.44. The number of nitrogens with one attached hydrogen (secondary N) is 1. The first kappa shape index (κ1) is 20.8. The third kappa shape index (κ3) is 4.80. The Morgan fingerprint density at radius 1 is 1.22 bits per heavy atom. The number of halogens is 1. The number of non-ortho nitro benzene ring substituents is 1. The summed E-state index contributed by atoms with van der Waals surface area (Å²) in [7, 11) is -4.13. The lowest BCUT2D eigenvalue weighted by molar-refractivity contribution is -0.384. The van der Waals surface area contributed by atoms with Crippen LogP contribution in [-0.2, 0) is 21.4 Å². The number of carbonyl (C=O) groups is 1. The van der Waals surface area contributed by atoms with Crippen LogP contribution >= 0.6 is 11.6 Å². The highest BCUT2D eigenvalue weighted by molar-refractivity contribution is 7.89. The van der Waals surface area contributed by atoms with Crippen LogP contribution in [0, 0.1) is 10.1 Å². The molecule has 0 saturated carbocycles. The van der Waals surface area contributed by atoms with Crippen molar-refractivity contribution in [1.82, 2.24) is 9.79 Å². The standard InChI is InChI=1S/C16H16ClN3O6S/c1-11(16(21)18-22)19(10-12-2-6-14(7-3-12)20(23)24)27(25,26)15-8-4-13(17)5-9-15/h2-9,11,22H,10H2,1H3,(H,18,21). The molecule has 0 aromatic heterocycles. The van der Waals surface area contributed by atoms with Crippen molar-refractivity contribution in [2.45, 2.75) is 24.4 Å². The van der Waals surface area contributed by atoms with Crippen LogP contribution in [0.4, 0.5) is 5.69 Å². The number of rotatable bonds is 7. The van der Waals surface area contributed by atoms with Gasteiger partial charge in [0.1, 0.15) is 6.04 Å². The van der Waals surface area contributed by atoms with Gasteiger partial charge in [0, 0.05) is 23.7 Å². The molecule has 0 bridgehead atoms. The maximum Gasteiger partial charge on any atom is 0.269 e. The van der Waals surface area contributed by atoms with Crippen LogP contribution in [-0.4, -0.2) is 34.8 Å². The molecule has 144 valence electrons. The highest BCUT2D eigenvalue weighted by Gasteiger charge is 2.33. The molecular formula is C16H16ClN3O6S. The maximum absolute atomic E-state index is 13.0. The predicted octanol–water partition coefficient (Wildman–Crippen LogP) is 2.33. The molecule has 0 spiro atoms. The molecule has 0 saturated heterocycles. The fourth-order valence-electron chi connectivity index (χ4n) is 2.30. The van der Waals surface area contributed by atoms with E-state index in [0.717, 1.165) is 4.31 Å². The molecule has 9 nitrogen and oxygen atoms in total. The molecule has 0 heterocycles.